The predicted molar refractivity (Wildman–Crippen MR) is 79.9 cm³/mol. The van der Waals surface area contributed by atoms with Crippen molar-refractivity contribution in [3.8, 4) is 0 Å². The molecule has 0 saturated heterocycles. The number of carbonyl (C=O) groups is 1. The Morgan fingerprint density at radius 2 is 2.10 bits per heavy atom. The summed E-state index contributed by atoms with van der Waals surface area (Å²) < 4.78 is 0. The number of hydrogen-bond donors (Lipinski definition) is 2. The highest BCUT2D eigenvalue weighted by Crippen LogP contribution is 2.09. The van der Waals surface area contributed by atoms with Crippen LogP contribution in [-0.2, 0) is 0 Å². The van der Waals surface area contributed by atoms with Crippen LogP contribution in [0, 0.1) is 6.92 Å². The van der Waals surface area contributed by atoms with Crippen molar-refractivity contribution in [1.29, 1.82) is 0 Å². The number of carbonyl (C=O) groups excluding carboxylic acids is 1. The van der Waals surface area contributed by atoms with Crippen molar-refractivity contribution >= 4 is 17.5 Å². The van der Waals surface area contributed by atoms with Gasteiger partial charge < -0.3 is 10.6 Å². The van der Waals surface area contributed by atoms with E-state index in [-0.39, 0.29) is 5.91 Å². The first-order valence-corrected chi connectivity index (χ1v) is 6.64. The van der Waals surface area contributed by atoms with Crippen LogP contribution in [0.15, 0.2) is 36.5 Å². The van der Waals surface area contributed by atoms with Crippen LogP contribution in [0.25, 0.3) is 0 Å². The van der Waals surface area contributed by atoms with E-state index in [1.54, 1.807) is 12.3 Å². The van der Waals surface area contributed by atoms with Gasteiger partial charge in [0.15, 0.2) is 0 Å². The summed E-state index contributed by atoms with van der Waals surface area (Å²) in [6.07, 6.45) is 2.67. The summed E-state index contributed by atoms with van der Waals surface area (Å²) in [5.41, 5.74) is 1.41. The Morgan fingerprint density at radius 3 is 2.85 bits per heavy atom. The minimum absolute atomic E-state index is 0.261. The van der Waals surface area contributed by atoms with Gasteiger partial charge in [0.25, 0.3) is 5.91 Å². The van der Waals surface area contributed by atoms with Crippen LogP contribution >= 0.6 is 0 Å². The Morgan fingerprint density at radius 1 is 1.25 bits per heavy atom. The molecule has 2 heterocycles. The Balaban J connectivity index is 2.09. The molecule has 0 aromatic carbocycles. The lowest BCUT2D eigenvalue weighted by Crippen LogP contribution is -2.15. The first-order valence-electron chi connectivity index (χ1n) is 6.64. The van der Waals surface area contributed by atoms with Gasteiger partial charge in [-0.05, 0) is 43.2 Å². The number of nitrogens with one attached hydrogen (secondary N) is 2. The van der Waals surface area contributed by atoms with Gasteiger partial charge in [0, 0.05) is 12.7 Å². The maximum atomic E-state index is 12.1. The van der Waals surface area contributed by atoms with Crippen LogP contribution in [0.3, 0.4) is 0 Å². The van der Waals surface area contributed by atoms with E-state index in [9.17, 15) is 4.79 Å². The van der Waals surface area contributed by atoms with Crippen molar-refractivity contribution < 1.29 is 4.79 Å². The summed E-state index contributed by atoms with van der Waals surface area (Å²) in [6, 6.07) is 9.03. The summed E-state index contributed by atoms with van der Waals surface area (Å²) in [4.78, 5) is 20.5. The molecule has 2 N–H and O–H groups in total. The summed E-state index contributed by atoms with van der Waals surface area (Å²) in [7, 11) is 0. The zero-order valence-electron chi connectivity index (χ0n) is 11.7. The summed E-state index contributed by atoms with van der Waals surface area (Å²) in [6.45, 7) is 4.86. The van der Waals surface area contributed by atoms with E-state index >= 15 is 0 Å². The SMILES string of the molecule is CCCNc1cccc(C(=O)Nc2cc(C)ccn2)n1. The highest BCUT2D eigenvalue weighted by atomic mass is 16.1. The first kappa shape index (κ1) is 14.0. The highest BCUT2D eigenvalue weighted by Gasteiger charge is 2.09. The van der Waals surface area contributed by atoms with Crippen LogP contribution in [-0.4, -0.2) is 22.4 Å². The third-order valence-electron chi connectivity index (χ3n) is 2.69. The second kappa shape index (κ2) is 6.65. The molecule has 0 spiro atoms. The lowest BCUT2D eigenvalue weighted by Gasteiger charge is -2.07. The number of anilines is 2. The van der Waals surface area contributed by atoms with E-state index in [1.165, 1.54) is 0 Å². The third-order valence-corrected chi connectivity index (χ3v) is 2.69. The highest BCUT2D eigenvalue weighted by molar-refractivity contribution is 6.02. The number of rotatable bonds is 5. The van der Waals surface area contributed by atoms with E-state index in [0.29, 0.717) is 17.3 Å². The predicted octanol–water partition coefficient (Wildman–Crippen LogP) is 2.86. The fourth-order valence-electron chi connectivity index (χ4n) is 1.70. The van der Waals surface area contributed by atoms with Crippen molar-refractivity contribution in [2.45, 2.75) is 20.3 Å². The average Bonchev–Trinajstić information content (AvgIpc) is 2.45. The largest absolute Gasteiger partial charge is 0.370 e. The fourth-order valence-corrected chi connectivity index (χ4v) is 1.70. The van der Waals surface area contributed by atoms with Gasteiger partial charge >= 0.3 is 0 Å². The Hall–Kier alpha value is -2.43. The van der Waals surface area contributed by atoms with Gasteiger partial charge in [-0.2, -0.15) is 0 Å². The molecule has 5 heteroatoms. The van der Waals surface area contributed by atoms with Gasteiger partial charge in [0.2, 0.25) is 0 Å². The van der Waals surface area contributed by atoms with Gasteiger partial charge in [-0.1, -0.05) is 13.0 Å². The minimum atomic E-state index is -0.261. The number of amides is 1. The Bertz CT molecular complexity index is 598. The normalized spacial score (nSPS) is 10.1. The zero-order valence-corrected chi connectivity index (χ0v) is 11.7. The zero-order chi connectivity index (χ0) is 14.4. The van der Waals surface area contributed by atoms with Crippen molar-refractivity contribution in [2.24, 2.45) is 0 Å². The maximum Gasteiger partial charge on any atom is 0.275 e. The van der Waals surface area contributed by atoms with Gasteiger partial charge in [0.1, 0.15) is 17.3 Å². The quantitative estimate of drug-likeness (QED) is 0.876. The molecule has 5 nitrogen and oxygen atoms in total. The molecule has 0 bridgehead atoms. The first-order chi connectivity index (χ1) is 9.69. The van der Waals surface area contributed by atoms with Crippen molar-refractivity contribution in [2.75, 3.05) is 17.2 Å². The minimum Gasteiger partial charge on any atom is -0.370 e. The number of aryl methyl sites for hydroxylation is 1. The molecule has 0 aliphatic heterocycles. The summed E-state index contributed by atoms with van der Waals surface area (Å²) in [5.74, 6) is 0.976. The van der Waals surface area contributed by atoms with Crippen molar-refractivity contribution in [3.63, 3.8) is 0 Å². The van der Waals surface area contributed by atoms with Crippen LogP contribution < -0.4 is 10.6 Å². The van der Waals surface area contributed by atoms with Crippen LogP contribution in [0.2, 0.25) is 0 Å². The van der Waals surface area contributed by atoms with Crippen LogP contribution in [0.1, 0.15) is 29.4 Å². The maximum absolute atomic E-state index is 12.1. The molecule has 2 rings (SSSR count). The van der Waals surface area contributed by atoms with E-state index in [4.69, 9.17) is 0 Å². The van der Waals surface area contributed by atoms with Gasteiger partial charge in [-0.15, -0.1) is 0 Å². The van der Waals surface area contributed by atoms with Crippen LogP contribution in [0.5, 0.6) is 0 Å². The Kier molecular flexibility index (Phi) is 4.65. The fraction of sp³-hybridized carbons (Fsp3) is 0.267. The molecule has 2 aromatic heterocycles. The molecule has 104 valence electrons. The summed E-state index contributed by atoms with van der Waals surface area (Å²) in [5, 5.41) is 5.90. The number of hydrogen-bond acceptors (Lipinski definition) is 4. The smallest absolute Gasteiger partial charge is 0.275 e. The number of pyridine rings is 2. The molecule has 2 aromatic rings. The molecule has 0 unspecified atom stereocenters. The summed E-state index contributed by atoms with van der Waals surface area (Å²) >= 11 is 0. The average molecular weight is 270 g/mol. The molecular weight excluding hydrogens is 252 g/mol. The molecule has 0 saturated carbocycles. The van der Waals surface area contributed by atoms with E-state index in [2.05, 4.69) is 27.5 Å². The van der Waals surface area contributed by atoms with Gasteiger partial charge in [0.05, 0.1) is 0 Å². The van der Waals surface area contributed by atoms with E-state index in [0.717, 1.165) is 18.5 Å². The molecular formula is C15H18N4O. The van der Waals surface area contributed by atoms with Crippen molar-refractivity contribution in [1.82, 2.24) is 9.97 Å². The van der Waals surface area contributed by atoms with E-state index < -0.39 is 0 Å². The molecule has 0 fully saturated rings. The van der Waals surface area contributed by atoms with Gasteiger partial charge in [-0.25, -0.2) is 9.97 Å². The number of nitrogens with zero attached hydrogens (tertiary/aromatic N) is 2. The third kappa shape index (κ3) is 3.78. The molecule has 1 amide bonds. The second-order valence-electron chi connectivity index (χ2n) is 4.51. The molecule has 0 aliphatic rings. The van der Waals surface area contributed by atoms with Gasteiger partial charge in [-0.3, -0.25) is 4.79 Å². The van der Waals surface area contributed by atoms with Crippen molar-refractivity contribution in [3.05, 3.63) is 47.8 Å². The molecule has 0 aliphatic carbocycles. The van der Waals surface area contributed by atoms with Crippen LogP contribution in [0.4, 0.5) is 11.6 Å². The van der Waals surface area contributed by atoms with E-state index in [1.807, 2.05) is 31.2 Å². The molecule has 0 atom stereocenters. The Labute approximate surface area is 118 Å². The number of aromatic nitrogens is 2. The standard InChI is InChI=1S/C15H18N4O/c1-3-8-16-13-6-4-5-12(18-13)15(20)19-14-10-11(2)7-9-17-14/h4-7,9-10H,3,8H2,1-2H3,(H,16,18)(H,17,19,20). The molecule has 0 radical (unpaired) electrons. The monoisotopic (exact) mass is 270 g/mol. The second-order valence-corrected chi connectivity index (χ2v) is 4.51. The lowest BCUT2D eigenvalue weighted by atomic mass is 10.3. The lowest BCUT2D eigenvalue weighted by molar-refractivity contribution is 0.102. The topological polar surface area (TPSA) is 66.9 Å². The molecule has 20 heavy (non-hydrogen) atoms.